The summed E-state index contributed by atoms with van der Waals surface area (Å²) in [5.41, 5.74) is 1.83. The van der Waals surface area contributed by atoms with Crippen LogP contribution >= 0.6 is 0 Å². The minimum Gasteiger partial charge on any atom is -0.393 e. The maximum atomic E-state index is 14.3. The molecule has 0 saturated carbocycles. The average Bonchev–Trinajstić information content (AvgIpc) is 3.42. The third-order valence-corrected chi connectivity index (χ3v) is 6.23. The Morgan fingerprint density at radius 1 is 1.16 bits per heavy atom. The van der Waals surface area contributed by atoms with Gasteiger partial charge in [-0.05, 0) is 31.2 Å². The summed E-state index contributed by atoms with van der Waals surface area (Å²) in [6, 6.07) is 12.0. The van der Waals surface area contributed by atoms with Crippen LogP contribution in [0.1, 0.15) is 13.3 Å². The van der Waals surface area contributed by atoms with Crippen molar-refractivity contribution in [2.24, 2.45) is 11.8 Å². The number of halogens is 1. The number of fused-ring (bicyclic) bond motifs is 2. The lowest BCUT2D eigenvalue weighted by Gasteiger charge is -2.23. The van der Waals surface area contributed by atoms with Crippen molar-refractivity contribution in [2.75, 3.05) is 24.5 Å². The maximum Gasteiger partial charge on any atom is 0.232 e. The molecule has 2 aliphatic heterocycles. The molecule has 0 spiro atoms. The SMILES string of the molecule is C[C@H](O)CC(=O)N1C[C@@H]2CN(c3cccc4c3cnn4-c3ccccc3F)C(=O)[C@@H]2C1. The number of rotatable bonds is 4. The molecule has 5 rings (SSSR count). The largest absolute Gasteiger partial charge is 0.393 e. The van der Waals surface area contributed by atoms with E-state index < -0.39 is 6.10 Å². The molecule has 3 heterocycles. The number of benzene rings is 2. The highest BCUT2D eigenvalue weighted by atomic mass is 19.1. The summed E-state index contributed by atoms with van der Waals surface area (Å²) in [4.78, 5) is 28.9. The molecule has 160 valence electrons. The molecule has 0 aliphatic carbocycles. The average molecular weight is 422 g/mol. The quantitative estimate of drug-likeness (QED) is 0.700. The fourth-order valence-electron chi connectivity index (χ4n) is 4.75. The molecule has 2 aliphatic rings. The van der Waals surface area contributed by atoms with Gasteiger partial charge < -0.3 is 14.9 Å². The van der Waals surface area contributed by atoms with Gasteiger partial charge in [-0.1, -0.05) is 18.2 Å². The highest BCUT2D eigenvalue weighted by Gasteiger charge is 2.48. The summed E-state index contributed by atoms with van der Waals surface area (Å²) < 4.78 is 15.9. The molecular formula is C23H23FN4O3. The summed E-state index contributed by atoms with van der Waals surface area (Å²) in [6.45, 7) is 3.01. The van der Waals surface area contributed by atoms with Crippen molar-refractivity contribution in [1.82, 2.24) is 14.7 Å². The van der Waals surface area contributed by atoms with Gasteiger partial charge in [-0.2, -0.15) is 5.10 Å². The normalized spacial score (nSPS) is 21.7. The van der Waals surface area contributed by atoms with Gasteiger partial charge in [-0.15, -0.1) is 0 Å². The molecule has 2 fully saturated rings. The highest BCUT2D eigenvalue weighted by Crippen LogP contribution is 2.38. The van der Waals surface area contributed by atoms with E-state index in [1.165, 1.54) is 6.07 Å². The molecule has 31 heavy (non-hydrogen) atoms. The fourth-order valence-corrected chi connectivity index (χ4v) is 4.75. The number of anilines is 1. The Bertz CT molecular complexity index is 1170. The van der Waals surface area contributed by atoms with Crippen LogP contribution in [0.15, 0.2) is 48.7 Å². The molecular weight excluding hydrogens is 399 g/mol. The molecule has 2 amide bonds. The van der Waals surface area contributed by atoms with E-state index in [0.29, 0.717) is 25.3 Å². The van der Waals surface area contributed by atoms with Crippen LogP contribution in [0.3, 0.4) is 0 Å². The molecule has 3 aromatic rings. The minimum atomic E-state index is -0.691. The molecule has 2 saturated heterocycles. The topological polar surface area (TPSA) is 78.7 Å². The van der Waals surface area contributed by atoms with Crippen LogP contribution in [0.4, 0.5) is 10.1 Å². The van der Waals surface area contributed by atoms with Crippen molar-refractivity contribution in [2.45, 2.75) is 19.4 Å². The highest BCUT2D eigenvalue weighted by molar-refractivity contribution is 6.05. The van der Waals surface area contributed by atoms with Gasteiger partial charge in [0.2, 0.25) is 11.8 Å². The van der Waals surface area contributed by atoms with E-state index in [2.05, 4.69) is 5.10 Å². The Labute approximate surface area is 178 Å². The number of aromatic nitrogens is 2. The van der Waals surface area contributed by atoms with Gasteiger partial charge in [0.1, 0.15) is 11.5 Å². The van der Waals surface area contributed by atoms with Crippen molar-refractivity contribution in [3.8, 4) is 5.69 Å². The van der Waals surface area contributed by atoms with Crippen molar-refractivity contribution >= 4 is 28.4 Å². The van der Waals surface area contributed by atoms with Crippen LogP contribution < -0.4 is 4.90 Å². The lowest BCUT2D eigenvalue weighted by atomic mass is 10.0. The number of para-hydroxylation sites is 1. The van der Waals surface area contributed by atoms with Crippen LogP contribution in [0, 0.1) is 17.7 Å². The molecule has 0 unspecified atom stereocenters. The Morgan fingerprint density at radius 2 is 1.94 bits per heavy atom. The Hall–Kier alpha value is -3.26. The first-order valence-electron chi connectivity index (χ1n) is 10.4. The van der Waals surface area contributed by atoms with E-state index in [1.807, 2.05) is 18.2 Å². The van der Waals surface area contributed by atoms with E-state index in [0.717, 1.165) is 16.6 Å². The number of carbonyl (C=O) groups is 2. The van der Waals surface area contributed by atoms with Gasteiger partial charge in [0, 0.05) is 30.9 Å². The van der Waals surface area contributed by atoms with Crippen LogP contribution in [-0.2, 0) is 9.59 Å². The third-order valence-electron chi connectivity index (χ3n) is 6.23. The van der Waals surface area contributed by atoms with E-state index >= 15 is 0 Å². The predicted molar refractivity (Wildman–Crippen MR) is 113 cm³/mol. The first-order chi connectivity index (χ1) is 14.9. The number of aliphatic hydroxyl groups excluding tert-OH is 1. The third kappa shape index (κ3) is 3.27. The maximum absolute atomic E-state index is 14.3. The molecule has 2 aromatic carbocycles. The van der Waals surface area contributed by atoms with Gasteiger partial charge in [-0.25, -0.2) is 9.07 Å². The van der Waals surface area contributed by atoms with Gasteiger partial charge in [-0.3, -0.25) is 9.59 Å². The first-order valence-corrected chi connectivity index (χ1v) is 10.4. The molecule has 1 aromatic heterocycles. The van der Waals surface area contributed by atoms with E-state index in [-0.39, 0.29) is 35.9 Å². The predicted octanol–water partition coefficient (Wildman–Crippen LogP) is 2.36. The van der Waals surface area contributed by atoms with Crippen LogP contribution in [0.2, 0.25) is 0 Å². The van der Waals surface area contributed by atoms with Gasteiger partial charge >= 0.3 is 0 Å². The number of hydrogen-bond acceptors (Lipinski definition) is 4. The summed E-state index contributed by atoms with van der Waals surface area (Å²) in [5.74, 6) is -0.677. The van der Waals surface area contributed by atoms with Gasteiger partial charge in [0.25, 0.3) is 0 Å². The van der Waals surface area contributed by atoms with Crippen molar-refractivity contribution < 1.29 is 19.1 Å². The van der Waals surface area contributed by atoms with Crippen LogP contribution in [0.5, 0.6) is 0 Å². The number of hydrogen-bond donors (Lipinski definition) is 1. The number of likely N-dealkylation sites (tertiary alicyclic amines) is 1. The number of aliphatic hydroxyl groups is 1. The molecule has 7 nitrogen and oxygen atoms in total. The lowest BCUT2D eigenvalue weighted by molar-refractivity contribution is -0.132. The lowest BCUT2D eigenvalue weighted by Crippen LogP contribution is -2.36. The van der Waals surface area contributed by atoms with Gasteiger partial charge in [0.05, 0.1) is 35.8 Å². The second-order valence-electron chi connectivity index (χ2n) is 8.39. The fraction of sp³-hybridized carbons (Fsp3) is 0.348. The van der Waals surface area contributed by atoms with Crippen LogP contribution in [-0.4, -0.2) is 57.3 Å². The molecule has 8 heteroatoms. The number of amides is 2. The standard InChI is InChI=1S/C23H23FN4O3/c1-14(29)9-22(30)26-11-15-12-27(23(31)17(15)13-26)19-7-4-8-20-16(19)10-25-28(20)21-6-3-2-5-18(21)24/h2-8,10,14-15,17,29H,9,11-13H2,1H3/t14-,15+,17+/m0/s1. The smallest absolute Gasteiger partial charge is 0.232 e. The second-order valence-corrected chi connectivity index (χ2v) is 8.39. The summed E-state index contributed by atoms with van der Waals surface area (Å²) in [5, 5.41) is 14.6. The molecule has 0 bridgehead atoms. The van der Waals surface area contributed by atoms with Crippen molar-refractivity contribution in [3.63, 3.8) is 0 Å². The minimum absolute atomic E-state index is 0.0107. The van der Waals surface area contributed by atoms with Crippen molar-refractivity contribution in [1.29, 1.82) is 0 Å². The zero-order chi connectivity index (χ0) is 21.7. The second kappa shape index (κ2) is 7.46. The monoisotopic (exact) mass is 422 g/mol. The van der Waals surface area contributed by atoms with Crippen molar-refractivity contribution in [3.05, 3.63) is 54.5 Å². The zero-order valence-electron chi connectivity index (χ0n) is 17.1. The zero-order valence-corrected chi connectivity index (χ0v) is 17.1. The number of nitrogens with zero attached hydrogens (tertiary/aromatic N) is 4. The summed E-state index contributed by atoms with van der Waals surface area (Å²) >= 11 is 0. The first kappa shape index (κ1) is 19.7. The van der Waals surface area contributed by atoms with E-state index in [9.17, 15) is 19.1 Å². The van der Waals surface area contributed by atoms with E-state index in [1.54, 1.807) is 45.8 Å². The summed E-state index contributed by atoms with van der Waals surface area (Å²) in [7, 11) is 0. The molecule has 0 radical (unpaired) electrons. The van der Waals surface area contributed by atoms with Gasteiger partial charge in [0.15, 0.2) is 0 Å². The Kier molecular flexibility index (Phi) is 4.74. The molecule has 1 N–H and O–H groups in total. The van der Waals surface area contributed by atoms with E-state index in [4.69, 9.17) is 0 Å². The molecule has 3 atom stereocenters. The van der Waals surface area contributed by atoms with Crippen LogP contribution in [0.25, 0.3) is 16.6 Å². The number of carbonyl (C=O) groups excluding carboxylic acids is 2. The Morgan fingerprint density at radius 3 is 2.68 bits per heavy atom. The Balaban J connectivity index is 1.43. The summed E-state index contributed by atoms with van der Waals surface area (Å²) in [6.07, 6.45) is 1.05.